The summed E-state index contributed by atoms with van der Waals surface area (Å²) in [4.78, 5) is 34.5. The smallest absolute Gasteiger partial charge is 0.227 e. The number of rotatable bonds is 12. The van der Waals surface area contributed by atoms with Gasteiger partial charge in [0.25, 0.3) is 0 Å². The summed E-state index contributed by atoms with van der Waals surface area (Å²) in [6.07, 6.45) is 12.9. The topological polar surface area (TPSA) is 134 Å². The summed E-state index contributed by atoms with van der Waals surface area (Å²) in [5.74, 6) is 0.262. The van der Waals surface area contributed by atoms with E-state index < -0.39 is 12.1 Å². The number of amides is 2. The molecule has 4 rings (SSSR count). The molecule has 0 spiro atoms. The number of carbonyl (C=O) groups is 2. The third-order valence-electron chi connectivity index (χ3n) is 7.71. The van der Waals surface area contributed by atoms with Crippen LogP contribution >= 0.6 is 0 Å². The quantitative estimate of drug-likeness (QED) is 0.324. The summed E-state index contributed by atoms with van der Waals surface area (Å²) in [5.41, 5.74) is 3.09. The summed E-state index contributed by atoms with van der Waals surface area (Å²) in [6.45, 7) is 3.88. The first-order chi connectivity index (χ1) is 18.9. The molecule has 3 heterocycles. The van der Waals surface area contributed by atoms with E-state index in [1.165, 1.54) is 19.3 Å². The third kappa shape index (κ3) is 7.38. The van der Waals surface area contributed by atoms with Gasteiger partial charge in [0, 0.05) is 37.1 Å². The highest BCUT2D eigenvalue weighted by Gasteiger charge is 2.29. The first kappa shape index (κ1) is 28.6. The molecule has 1 saturated carbocycles. The van der Waals surface area contributed by atoms with Gasteiger partial charge in [-0.2, -0.15) is 0 Å². The van der Waals surface area contributed by atoms with Crippen LogP contribution in [0.5, 0.6) is 0 Å². The van der Waals surface area contributed by atoms with Crippen molar-refractivity contribution in [3.05, 3.63) is 42.2 Å². The molecule has 3 aromatic heterocycles. The summed E-state index contributed by atoms with van der Waals surface area (Å²) >= 11 is 0. The van der Waals surface area contributed by atoms with Crippen LogP contribution in [0, 0.1) is 11.8 Å². The maximum Gasteiger partial charge on any atom is 0.227 e. The lowest BCUT2D eigenvalue weighted by Crippen LogP contribution is -2.46. The summed E-state index contributed by atoms with van der Waals surface area (Å²) in [5, 5.41) is 25.6. The van der Waals surface area contributed by atoms with Crippen molar-refractivity contribution in [3.63, 3.8) is 0 Å². The lowest BCUT2D eigenvalue weighted by molar-refractivity contribution is -0.125. The Labute approximate surface area is 230 Å². The maximum absolute atomic E-state index is 13.3. The number of nitrogens with zero attached hydrogens (tertiary/aromatic N) is 5. The highest BCUT2D eigenvalue weighted by molar-refractivity contribution is 5.79. The number of fused-ring (bicyclic) bond motifs is 1. The number of aliphatic hydroxyl groups is 1. The first-order valence-corrected chi connectivity index (χ1v) is 14.2. The fourth-order valence-corrected chi connectivity index (χ4v) is 5.56. The van der Waals surface area contributed by atoms with E-state index >= 15 is 0 Å². The van der Waals surface area contributed by atoms with Crippen LogP contribution in [-0.4, -0.2) is 60.7 Å². The number of aliphatic hydroxyl groups excluding tert-OH is 1. The maximum atomic E-state index is 13.3. The van der Waals surface area contributed by atoms with Gasteiger partial charge in [-0.25, -0.2) is 4.98 Å². The van der Waals surface area contributed by atoms with E-state index in [1.807, 2.05) is 22.7 Å². The van der Waals surface area contributed by atoms with Crippen LogP contribution in [0.15, 0.2) is 30.7 Å². The second-order valence-corrected chi connectivity index (χ2v) is 10.8. The Kier molecular flexibility index (Phi) is 9.97. The van der Waals surface area contributed by atoms with E-state index in [2.05, 4.69) is 32.7 Å². The minimum Gasteiger partial charge on any atom is -0.391 e. The van der Waals surface area contributed by atoms with Crippen LogP contribution < -0.4 is 10.6 Å². The van der Waals surface area contributed by atoms with Gasteiger partial charge in [-0.3, -0.25) is 19.0 Å². The van der Waals surface area contributed by atoms with Crippen LogP contribution in [-0.2, 0) is 22.4 Å². The van der Waals surface area contributed by atoms with Gasteiger partial charge in [0.2, 0.25) is 11.8 Å². The van der Waals surface area contributed by atoms with Crippen LogP contribution in [0.3, 0.4) is 0 Å². The molecule has 39 heavy (non-hydrogen) atoms. The van der Waals surface area contributed by atoms with Gasteiger partial charge in [-0.15, -0.1) is 10.2 Å². The second kappa shape index (κ2) is 13.6. The number of aromatic nitrogens is 5. The van der Waals surface area contributed by atoms with Crippen LogP contribution in [0.2, 0.25) is 0 Å². The normalized spacial score (nSPS) is 16.5. The Morgan fingerprint density at radius 1 is 1.21 bits per heavy atom. The van der Waals surface area contributed by atoms with E-state index in [9.17, 15) is 14.7 Å². The minimum atomic E-state index is -0.823. The predicted molar refractivity (Wildman–Crippen MR) is 149 cm³/mol. The molecule has 10 heteroatoms. The third-order valence-corrected chi connectivity index (χ3v) is 7.71. The Hall–Kier alpha value is -3.40. The minimum absolute atomic E-state index is 0.0160. The average Bonchev–Trinajstić information content (AvgIpc) is 3.35. The van der Waals surface area contributed by atoms with Gasteiger partial charge in [0.15, 0.2) is 5.65 Å². The average molecular weight is 536 g/mol. The van der Waals surface area contributed by atoms with E-state index in [4.69, 9.17) is 4.98 Å². The van der Waals surface area contributed by atoms with Gasteiger partial charge in [-0.05, 0) is 37.3 Å². The number of hydrogen-bond donors (Lipinski definition) is 3. The Balaban J connectivity index is 1.54. The zero-order valence-electron chi connectivity index (χ0n) is 23.3. The fraction of sp³-hybridized carbons (Fsp3) is 0.586. The largest absolute Gasteiger partial charge is 0.391 e. The molecule has 0 saturated heterocycles. The fourth-order valence-electron chi connectivity index (χ4n) is 5.56. The molecule has 0 aromatic carbocycles. The van der Waals surface area contributed by atoms with Crippen molar-refractivity contribution in [1.29, 1.82) is 0 Å². The molecule has 210 valence electrons. The lowest BCUT2D eigenvalue weighted by atomic mass is 9.82. The zero-order valence-corrected chi connectivity index (χ0v) is 23.3. The highest BCUT2D eigenvalue weighted by atomic mass is 16.3. The molecule has 10 nitrogen and oxygen atoms in total. The highest BCUT2D eigenvalue weighted by Crippen LogP contribution is 2.29. The van der Waals surface area contributed by atoms with E-state index in [0.717, 1.165) is 42.6 Å². The second-order valence-electron chi connectivity index (χ2n) is 10.8. The summed E-state index contributed by atoms with van der Waals surface area (Å²) < 4.78 is 1.85. The lowest BCUT2D eigenvalue weighted by Gasteiger charge is -2.31. The molecule has 3 aromatic rings. The Morgan fingerprint density at radius 2 is 2.00 bits per heavy atom. The van der Waals surface area contributed by atoms with Crippen molar-refractivity contribution in [3.8, 4) is 11.3 Å². The van der Waals surface area contributed by atoms with Crippen LogP contribution in [0.1, 0.15) is 76.7 Å². The molecular weight excluding hydrogens is 494 g/mol. The molecule has 3 N–H and O–H groups in total. The summed E-state index contributed by atoms with van der Waals surface area (Å²) in [6, 6.07) is 3.38. The standard InChI is InChI=1S/C29H41N7O3/c1-4-9-22-28-35-34-26(36(28)18-24(32-22)21-12-8-13-31-17-21)16-27(38)33-23(15-20-10-6-5-7-11-20)25(37)14-19(2)29(39)30-3/h8,12-13,17-20,23,25,37H,4-7,9-11,14-16H2,1-3H3,(H,30,39)(H,33,38)/t19-,23-,25-/m0/s1. The zero-order chi connectivity index (χ0) is 27.8. The molecule has 0 unspecified atom stereocenters. The number of aryl methyl sites for hydroxylation is 1. The van der Waals surface area contributed by atoms with E-state index in [1.54, 1.807) is 26.4 Å². The Bertz CT molecular complexity index is 1240. The van der Waals surface area contributed by atoms with Gasteiger partial charge in [-0.1, -0.05) is 52.4 Å². The molecule has 1 aliphatic carbocycles. The van der Waals surface area contributed by atoms with Crippen molar-refractivity contribution >= 4 is 17.5 Å². The van der Waals surface area contributed by atoms with Crippen LogP contribution in [0.25, 0.3) is 16.9 Å². The van der Waals surface area contributed by atoms with Crippen molar-refractivity contribution < 1.29 is 14.7 Å². The van der Waals surface area contributed by atoms with Crippen molar-refractivity contribution in [2.75, 3.05) is 7.05 Å². The monoisotopic (exact) mass is 535 g/mol. The molecular formula is C29H41N7O3. The van der Waals surface area contributed by atoms with Gasteiger partial charge < -0.3 is 15.7 Å². The molecule has 2 amide bonds. The van der Waals surface area contributed by atoms with Crippen molar-refractivity contribution in [2.45, 2.75) is 90.2 Å². The molecule has 3 atom stereocenters. The predicted octanol–water partition coefficient (Wildman–Crippen LogP) is 3.27. The summed E-state index contributed by atoms with van der Waals surface area (Å²) in [7, 11) is 1.59. The number of nitrogens with one attached hydrogen (secondary N) is 2. The molecule has 1 fully saturated rings. The molecule has 0 aliphatic heterocycles. The number of carbonyl (C=O) groups excluding carboxylic acids is 2. The van der Waals surface area contributed by atoms with E-state index in [0.29, 0.717) is 23.8 Å². The van der Waals surface area contributed by atoms with Crippen LogP contribution in [0.4, 0.5) is 0 Å². The molecule has 0 bridgehead atoms. The number of pyridine rings is 1. The number of hydrogen-bond acceptors (Lipinski definition) is 7. The first-order valence-electron chi connectivity index (χ1n) is 14.2. The van der Waals surface area contributed by atoms with Gasteiger partial charge >= 0.3 is 0 Å². The molecule has 1 aliphatic rings. The van der Waals surface area contributed by atoms with Gasteiger partial charge in [0.1, 0.15) is 5.82 Å². The Morgan fingerprint density at radius 3 is 2.69 bits per heavy atom. The van der Waals surface area contributed by atoms with Crippen molar-refractivity contribution in [1.82, 2.24) is 35.2 Å². The SMILES string of the molecule is CCCc1nc(-c2cccnc2)cn2c(CC(=O)N[C@@H](CC3CCCCC3)[C@@H](O)C[C@H](C)C(=O)NC)nnc12. The molecule has 0 radical (unpaired) electrons. The van der Waals surface area contributed by atoms with Crippen molar-refractivity contribution in [2.24, 2.45) is 11.8 Å². The van der Waals surface area contributed by atoms with Gasteiger partial charge in [0.05, 0.1) is 30.0 Å². The van der Waals surface area contributed by atoms with E-state index in [-0.39, 0.29) is 30.6 Å².